The van der Waals surface area contributed by atoms with Gasteiger partial charge in [-0.1, -0.05) is 0 Å². The zero-order valence-electron chi connectivity index (χ0n) is 22.8. The van der Waals surface area contributed by atoms with E-state index in [9.17, 15) is 9.90 Å². The van der Waals surface area contributed by atoms with E-state index in [1.165, 1.54) is 10.7 Å². The molecule has 1 N–H and O–H groups in total. The van der Waals surface area contributed by atoms with Gasteiger partial charge < -0.3 is 0 Å². The van der Waals surface area contributed by atoms with E-state index in [0.29, 0.717) is 6.54 Å². The van der Waals surface area contributed by atoms with Gasteiger partial charge in [0.15, 0.2) is 0 Å². The number of amides is 1. The summed E-state index contributed by atoms with van der Waals surface area (Å²) in [5.74, 6) is -0.0699. The number of hydrogen-bond donors (Lipinski definition) is 1. The van der Waals surface area contributed by atoms with E-state index in [2.05, 4.69) is 102 Å². The summed E-state index contributed by atoms with van der Waals surface area (Å²) in [7, 11) is 1.55. The monoisotopic (exact) mass is 635 g/mol. The Bertz CT molecular complexity index is 1460. The van der Waals surface area contributed by atoms with E-state index in [1.807, 2.05) is 35.2 Å². The van der Waals surface area contributed by atoms with Gasteiger partial charge in [-0.3, -0.25) is 0 Å². The molecule has 4 aromatic carbocycles. The normalized spacial score (nSPS) is 22.1. The van der Waals surface area contributed by atoms with Gasteiger partial charge in [0.2, 0.25) is 0 Å². The Morgan fingerprint density at radius 3 is 1.68 bits per heavy atom. The van der Waals surface area contributed by atoms with E-state index < -0.39 is 36.6 Å². The third-order valence-electron chi connectivity index (χ3n) is 8.46. The van der Waals surface area contributed by atoms with Gasteiger partial charge in [0, 0.05) is 0 Å². The van der Waals surface area contributed by atoms with E-state index in [1.54, 1.807) is 7.11 Å². The first-order chi connectivity index (χ1) is 19.6. The number of fused-ring (bicyclic) bond motifs is 1. The van der Waals surface area contributed by atoms with Gasteiger partial charge in [-0.2, -0.15) is 0 Å². The number of carbonyl (C=O) groups excluding carboxylic acids is 1. The fraction of sp³-hybridized carbons (Fsp3) is 0.171. The van der Waals surface area contributed by atoms with Gasteiger partial charge in [0.05, 0.1) is 0 Å². The zero-order valence-corrected chi connectivity index (χ0v) is 25.6. The summed E-state index contributed by atoms with van der Waals surface area (Å²) in [4.78, 5) is 15.1. The molecule has 2 aliphatic heterocycles. The Hall–Kier alpha value is -3.45. The number of carbonyl (C=O) groups is 1. The van der Waals surface area contributed by atoms with Crippen molar-refractivity contribution in [2.45, 2.75) is 25.2 Å². The number of ether oxygens (including phenoxy) is 1. The van der Waals surface area contributed by atoms with Crippen LogP contribution in [0.4, 0.5) is 0 Å². The second-order valence-electron chi connectivity index (χ2n) is 10.5. The average molecular weight is 634 g/mol. The van der Waals surface area contributed by atoms with Crippen LogP contribution in [0.5, 0.6) is 0 Å². The molecular formula is C35H33NO3Sn. The van der Waals surface area contributed by atoms with E-state index >= 15 is 0 Å². The predicted molar refractivity (Wildman–Crippen MR) is 163 cm³/mol. The molecule has 2 aliphatic rings. The maximum absolute atomic E-state index is 13.3. The summed E-state index contributed by atoms with van der Waals surface area (Å²) in [6, 6.07) is 42.1. The second-order valence-corrected chi connectivity index (χ2v) is 20.9. The fourth-order valence-corrected chi connectivity index (χ4v) is 19.2. The van der Waals surface area contributed by atoms with Crippen LogP contribution in [0.1, 0.15) is 12.5 Å². The van der Waals surface area contributed by atoms with Crippen LogP contribution < -0.4 is 10.7 Å². The topological polar surface area (TPSA) is 49.8 Å². The standard InChI is InChI=1S/C17H18NO3.3C6H5.Sn/c1-10-9-18-14(16(21-3)17(18)20)15(19)13(11(10)2)12-7-5-4-6-8-12;3*1-2-4-6-5-3-1;/h1,4-8,14-16,19H,9H2,2-3H3;3*1-5H;/t14-,15+,16+;;;;/m0..../s1. The number of aliphatic hydroxyl groups excluding tert-OH is 1. The fourth-order valence-electron chi connectivity index (χ4n) is 6.44. The summed E-state index contributed by atoms with van der Waals surface area (Å²) in [5.41, 5.74) is 3.95. The summed E-state index contributed by atoms with van der Waals surface area (Å²) >= 11 is -3.83. The number of benzene rings is 4. The summed E-state index contributed by atoms with van der Waals surface area (Å²) in [6.45, 7) is 2.54. The SMILES string of the molecule is CO[C@H]1C(=O)N2C/C(=[CH]\[Sn]([c]3ccccc3)([c]3ccccc3)[c]3ccccc3)C(C)=C(c3ccccc3)[C@@H](O)[C@@H]12. The molecule has 1 fully saturated rings. The molecular weight excluding hydrogens is 601 g/mol. The molecule has 0 saturated carbocycles. The second kappa shape index (κ2) is 11.2. The van der Waals surface area contributed by atoms with Crippen molar-refractivity contribution in [2.75, 3.05) is 13.7 Å². The predicted octanol–water partition coefficient (Wildman–Crippen LogP) is 3.70. The van der Waals surface area contributed by atoms with Crippen LogP contribution in [0.3, 0.4) is 0 Å². The first-order valence-electron chi connectivity index (χ1n) is 13.7. The quantitative estimate of drug-likeness (QED) is 0.260. The number of hydrogen-bond acceptors (Lipinski definition) is 3. The Labute approximate surface area is 240 Å². The molecule has 0 unspecified atom stereocenters. The molecule has 4 aromatic rings. The van der Waals surface area contributed by atoms with Crippen molar-refractivity contribution < 1.29 is 14.6 Å². The van der Waals surface area contributed by atoms with Gasteiger partial charge in [0.25, 0.3) is 0 Å². The molecule has 5 heteroatoms. The van der Waals surface area contributed by atoms with Crippen molar-refractivity contribution in [2.24, 2.45) is 0 Å². The van der Waals surface area contributed by atoms with E-state index in [-0.39, 0.29) is 5.91 Å². The zero-order chi connectivity index (χ0) is 27.7. The van der Waals surface area contributed by atoms with Crippen LogP contribution in [0.2, 0.25) is 0 Å². The van der Waals surface area contributed by atoms with Gasteiger partial charge in [-0.05, 0) is 0 Å². The van der Waals surface area contributed by atoms with Crippen molar-refractivity contribution >= 4 is 40.6 Å². The minimum atomic E-state index is -3.83. The Morgan fingerprint density at radius 2 is 1.23 bits per heavy atom. The molecule has 0 aromatic heterocycles. The number of rotatable bonds is 6. The first kappa shape index (κ1) is 26.8. The van der Waals surface area contributed by atoms with Crippen LogP contribution in [0.15, 0.2) is 137 Å². The van der Waals surface area contributed by atoms with Gasteiger partial charge in [0.1, 0.15) is 0 Å². The molecule has 200 valence electrons. The minimum absolute atomic E-state index is 0.0699. The Balaban J connectivity index is 1.66. The maximum atomic E-state index is 13.3. The number of nitrogens with zero attached hydrogens (tertiary/aromatic N) is 1. The first-order valence-corrected chi connectivity index (χ1v) is 19.7. The third-order valence-corrected chi connectivity index (χ3v) is 21.3. The molecule has 4 nitrogen and oxygen atoms in total. The third kappa shape index (κ3) is 4.44. The molecule has 0 radical (unpaired) electrons. The number of aliphatic hydroxyl groups is 1. The molecule has 0 aliphatic carbocycles. The van der Waals surface area contributed by atoms with Crippen molar-refractivity contribution in [3.8, 4) is 0 Å². The number of β-lactam (4-membered cyclic amide) rings is 1. The van der Waals surface area contributed by atoms with E-state index in [4.69, 9.17) is 4.74 Å². The average Bonchev–Trinajstić information content (AvgIpc) is 3.10. The molecule has 1 amide bonds. The molecule has 2 heterocycles. The Kier molecular flexibility index (Phi) is 7.49. The number of methoxy groups -OCH3 is 1. The van der Waals surface area contributed by atoms with Crippen LogP contribution in [-0.2, 0) is 9.53 Å². The van der Waals surface area contributed by atoms with Gasteiger partial charge in [-0.15, -0.1) is 0 Å². The molecule has 0 spiro atoms. The molecule has 40 heavy (non-hydrogen) atoms. The van der Waals surface area contributed by atoms with Gasteiger partial charge in [-0.25, -0.2) is 0 Å². The van der Waals surface area contributed by atoms with Gasteiger partial charge >= 0.3 is 241 Å². The summed E-state index contributed by atoms with van der Waals surface area (Å²) < 4.78 is 12.1. The summed E-state index contributed by atoms with van der Waals surface area (Å²) in [5, 5.41) is 11.8. The molecule has 1 saturated heterocycles. The van der Waals surface area contributed by atoms with Crippen molar-refractivity contribution in [1.29, 1.82) is 0 Å². The molecule has 3 atom stereocenters. The van der Waals surface area contributed by atoms with Crippen molar-refractivity contribution in [3.05, 3.63) is 142 Å². The van der Waals surface area contributed by atoms with Crippen LogP contribution >= 0.6 is 0 Å². The summed E-state index contributed by atoms with van der Waals surface area (Å²) in [6.07, 6.45) is -1.50. The Morgan fingerprint density at radius 1 is 0.775 bits per heavy atom. The molecule has 0 bridgehead atoms. The van der Waals surface area contributed by atoms with Crippen molar-refractivity contribution in [1.82, 2.24) is 4.90 Å². The van der Waals surface area contributed by atoms with Crippen LogP contribution in [-0.4, -0.2) is 66.2 Å². The van der Waals surface area contributed by atoms with Crippen LogP contribution in [0.25, 0.3) is 5.57 Å². The molecule has 6 rings (SSSR count). The van der Waals surface area contributed by atoms with Crippen molar-refractivity contribution in [3.63, 3.8) is 0 Å². The van der Waals surface area contributed by atoms with E-state index in [0.717, 1.165) is 22.3 Å². The van der Waals surface area contributed by atoms with Crippen LogP contribution in [0, 0.1) is 0 Å².